The summed E-state index contributed by atoms with van der Waals surface area (Å²) in [6.45, 7) is 4.25. The van der Waals surface area contributed by atoms with Gasteiger partial charge in [0.2, 0.25) is 0 Å². The van der Waals surface area contributed by atoms with Gasteiger partial charge < -0.3 is 38.0 Å². The van der Waals surface area contributed by atoms with Crippen LogP contribution >= 0.6 is 0 Å². The van der Waals surface area contributed by atoms with E-state index in [2.05, 4.69) is 5.16 Å². The van der Waals surface area contributed by atoms with Gasteiger partial charge in [-0.3, -0.25) is 19.2 Å². The van der Waals surface area contributed by atoms with Gasteiger partial charge in [0.25, 0.3) is 0 Å². The van der Waals surface area contributed by atoms with Crippen LogP contribution in [0.15, 0.2) is 29.4 Å². The van der Waals surface area contributed by atoms with Crippen molar-refractivity contribution in [1.29, 1.82) is 0 Å². The van der Waals surface area contributed by atoms with Crippen LogP contribution in [0, 0.1) is 0 Å². The topological polar surface area (TPSA) is 154 Å². The number of rotatable bonds is 10. The Morgan fingerprint density at radius 2 is 1.45 bits per heavy atom. The Bertz CT molecular complexity index is 1040. The molecule has 0 aliphatic carbocycles. The maximum absolute atomic E-state index is 11.9. The highest BCUT2D eigenvalue weighted by Crippen LogP contribution is 2.30. The van der Waals surface area contributed by atoms with Crippen molar-refractivity contribution < 1.29 is 57.2 Å². The summed E-state index contributed by atoms with van der Waals surface area (Å²) in [7, 11) is 1.58. The number of nitrogens with zero attached hydrogens (tertiary/aromatic N) is 1. The molecule has 1 saturated heterocycles. The molecular formula is C25H31NO12. The number of methoxy groups -OCH3 is 1. The molecule has 0 unspecified atom stereocenters. The van der Waals surface area contributed by atoms with Crippen LogP contribution in [0.1, 0.15) is 39.7 Å². The van der Waals surface area contributed by atoms with E-state index in [9.17, 15) is 19.2 Å². The molecule has 2 aliphatic heterocycles. The molecule has 0 aromatic heterocycles. The zero-order valence-electron chi connectivity index (χ0n) is 21.7. The third-order valence-electron chi connectivity index (χ3n) is 5.55. The van der Waals surface area contributed by atoms with Gasteiger partial charge in [-0.25, -0.2) is 0 Å². The molecule has 13 nitrogen and oxygen atoms in total. The Labute approximate surface area is 219 Å². The Hall–Kier alpha value is -3.71. The standard InChI is InChI=1S/C25H31NO12/c1-13(27)32-12-21-22(34-14(2)28)23(35-15(3)29)24(36-16(4)30)25(37-21)33-11-19-10-20(26-38-19)17-6-8-18(31-5)9-7-17/h6-9,19,21-25H,10-12H2,1-5H3/t19-,21-,22-,23+,24-,25-/m0/s1. The summed E-state index contributed by atoms with van der Waals surface area (Å²) >= 11 is 0. The monoisotopic (exact) mass is 537 g/mol. The highest BCUT2D eigenvalue weighted by molar-refractivity contribution is 6.01. The van der Waals surface area contributed by atoms with E-state index in [-0.39, 0.29) is 13.2 Å². The lowest BCUT2D eigenvalue weighted by atomic mass is 9.98. The second-order valence-corrected chi connectivity index (χ2v) is 8.60. The molecule has 1 aromatic rings. The number of carbonyl (C=O) groups excluding carboxylic acids is 4. The molecule has 0 bridgehead atoms. The molecule has 0 radical (unpaired) electrons. The van der Waals surface area contributed by atoms with Crippen molar-refractivity contribution in [2.75, 3.05) is 20.3 Å². The van der Waals surface area contributed by atoms with Crippen molar-refractivity contribution in [3.05, 3.63) is 29.8 Å². The molecule has 2 heterocycles. The number of hydrogen-bond donors (Lipinski definition) is 0. The number of benzene rings is 1. The second-order valence-electron chi connectivity index (χ2n) is 8.60. The molecule has 0 amide bonds. The second kappa shape index (κ2) is 13.2. The quantitative estimate of drug-likeness (QED) is 0.312. The van der Waals surface area contributed by atoms with Gasteiger partial charge in [-0.05, 0) is 29.8 Å². The fraction of sp³-hybridized carbons (Fsp3) is 0.560. The Morgan fingerprint density at radius 3 is 2.03 bits per heavy atom. The minimum Gasteiger partial charge on any atom is -0.497 e. The lowest BCUT2D eigenvalue weighted by Gasteiger charge is -2.44. The van der Waals surface area contributed by atoms with Crippen LogP contribution in [0.25, 0.3) is 0 Å². The largest absolute Gasteiger partial charge is 0.497 e. The lowest BCUT2D eigenvalue weighted by molar-refractivity contribution is -0.311. The van der Waals surface area contributed by atoms with Gasteiger partial charge in [0.05, 0.1) is 19.4 Å². The molecule has 208 valence electrons. The van der Waals surface area contributed by atoms with E-state index in [0.29, 0.717) is 17.9 Å². The van der Waals surface area contributed by atoms with Gasteiger partial charge in [0.15, 0.2) is 30.7 Å². The zero-order chi connectivity index (χ0) is 27.8. The Balaban J connectivity index is 1.76. The molecule has 38 heavy (non-hydrogen) atoms. The van der Waals surface area contributed by atoms with E-state index in [4.69, 9.17) is 38.0 Å². The van der Waals surface area contributed by atoms with E-state index < -0.39 is 60.7 Å². The third kappa shape index (κ3) is 7.89. The number of carbonyl (C=O) groups is 4. The smallest absolute Gasteiger partial charge is 0.303 e. The van der Waals surface area contributed by atoms with Crippen LogP contribution in [0.3, 0.4) is 0 Å². The molecule has 13 heteroatoms. The van der Waals surface area contributed by atoms with Crippen LogP contribution in [0.2, 0.25) is 0 Å². The molecule has 0 saturated carbocycles. The fourth-order valence-corrected chi connectivity index (χ4v) is 4.00. The fourth-order valence-electron chi connectivity index (χ4n) is 4.00. The number of hydrogen-bond acceptors (Lipinski definition) is 13. The summed E-state index contributed by atoms with van der Waals surface area (Å²) in [5.74, 6) is -2.07. The number of esters is 4. The molecule has 0 N–H and O–H groups in total. The van der Waals surface area contributed by atoms with Gasteiger partial charge >= 0.3 is 23.9 Å². The van der Waals surface area contributed by atoms with Crippen molar-refractivity contribution in [3.63, 3.8) is 0 Å². The van der Waals surface area contributed by atoms with E-state index in [1.807, 2.05) is 12.1 Å². The third-order valence-corrected chi connectivity index (χ3v) is 5.55. The van der Waals surface area contributed by atoms with Crippen LogP contribution in [0.4, 0.5) is 0 Å². The summed E-state index contributed by atoms with van der Waals surface area (Å²) in [6.07, 6.45) is -6.35. The van der Waals surface area contributed by atoms with E-state index >= 15 is 0 Å². The lowest BCUT2D eigenvalue weighted by Crippen LogP contribution is -2.63. The van der Waals surface area contributed by atoms with E-state index in [1.165, 1.54) is 6.92 Å². The van der Waals surface area contributed by atoms with Crippen molar-refractivity contribution in [2.45, 2.75) is 70.9 Å². The van der Waals surface area contributed by atoms with Gasteiger partial charge in [0, 0.05) is 34.1 Å². The predicted molar refractivity (Wildman–Crippen MR) is 127 cm³/mol. The molecule has 3 rings (SSSR count). The zero-order valence-corrected chi connectivity index (χ0v) is 21.7. The number of oxime groups is 1. The van der Waals surface area contributed by atoms with E-state index in [1.54, 1.807) is 19.2 Å². The maximum atomic E-state index is 11.9. The first kappa shape index (κ1) is 28.9. The van der Waals surface area contributed by atoms with Crippen LogP contribution in [-0.4, -0.2) is 86.7 Å². The Kier molecular flexibility index (Phi) is 10.0. The summed E-state index contributed by atoms with van der Waals surface area (Å²) in [5, 5.41) is 4.12. The highest BCUT2D eigenvalue weighted by atomic mass is 16.7. The van der Waals surface area contributed by atoms with Gasteiger partial charge in [-0.15, -0.1) is 0 Å². The summed E-state index contributed by atoms with van der Waals surface area (Å²) in [5.41, 5.74) is 1.54. The van der Waals surface area contributed by atoms with Crippen LogP contribution in [0.5, 0.6) is 5.75 Å². The molecular weight excluding hydrogens is 506 g/mol. The average Bonchev–Trinajstić information content (AvgIpc) is 3.33. The van der Waals surface area contributed by atoms with E-state index in [0.717, 1.165) is 26.3 Å². The maximum Gasteiger partial charge on any atom is 0.303 e. The molecule has 0 spiro atoms. The summed E-state index contributed by atoms with van der Waals surface area (Å²) in [6, 6.07) is 7.31. The van der Waals surface area contributed by atoms with Gasteiger partial charge in [-0.1, -0.05) is 5.16 Å². The minimum atomic E-state index is -1.31. The Morgan fingerprint density at radius 1 is 0.842 bits per heavy atom. The average molecular weight is 538 g/mol. The summed E-state index contributed by atoms with van der Waals surface area (Å²) in [4.78, 5) is 52.6. The molecule has 1 fully saturated rings. The van der Waals surface area contributed by atoms with Crippen molar-refractivity contribution in [2.24, 2.45) is 5.16 Å². The first-order valence-electron chi connectivity index (χ1n) is 11.9. The molecule has 6 atom stereocenters. The highest BCUT2D eigenvalue weighted by Gasteiger charge is 2.53. The molecule has 1 aromatic carbocycles. The first-order chi connectivity index (χ1) is 18.1. The van der Waals surface area contributed by atoms with Gasteiger partial charge in [-0.2, -0.15) is 0 Å². The van der Waals surface area contributed by atoms with Crippen LogP contribution < -0.4 is 4.74 Å². The van der Waals surface area contributed by atoms with Crippen LogP contribution in [-0.2, 0) is 52.4 Å². The molecule has 2 aliphatic rings. The van der Waals surface area contributed by atoms with Gasteiger partial charge in [0.1, 0.15) is 18.5 Å². The predicted octanol–water partition coefficient (Wildman–Crippen LogP) is 1.29. The van der Waals surface area contributed by atoms with Crippen molar-refractivity contribution in [1.82, 2.24) is 0 Å². The van der Waals surface area contributed by atoms with Crippen molar-refractivity contribution in [3.8, 4) is 5.75 Å². The summed E-state index contributed by atoms with van der Waals surface area (Å²) < 4.78 is 38.2. The normalized spacial score (nSPS) is 26.4. The SMILES string of the molecule is COc1ccc(C2=NO[C@H](CO[C@H]3O[C@@H](COC(C)=O)[C@H](OC(C)=O)[C@@H](OC(C)=O)[C@@H]3OC(C)=O)C2)cc1. The van der Waals surface area contributed by atoms with Crippen molar-refractivity contribution >= 4 is 29.6 Å². The first-order valence-corrected chi connectivity index (χ1v) is 11.9. The number of ether oxygens (including phenoxy) is 7. The minimum absolute atomic E-state index is 0.0447.